The van der Waals surface area contributed by atoms with Crippen LogP contribution in [0.15, 0.2) is 24.3 Å². The van der Waals surface area contributed by atoms with Gasteiger partial charge in [0.1, 0.15) is 36.3 Å². The average molecular weight is 606 g/mol. The lowest BCUT2D eigenvalue weighted by Gasteiger charge is -2.42. The number of halogens is 3. The summed E-state index contributed by atoms with van der Waals surface area (Å²) in [5.74, 6) is -1.76. The van der Waals surface area contributed by atoms with Gasteiger partial charge in [-0.2, -0.15) is 0 Å². The molecule has 2 aliphatic heterocycles. The average Bonchev–Trinajstić information content (AvgIpc) is 3.47. The molecule has 0 aromatic heterocycles. The van der Waals surface area contributed by atoms with Gasteiger partial charge in [0.05, 0.1) is 13.7 Å². The van der Waals surface area contributed by atoms with E-state index in [9.17, 15) is 4.79 Å². The number of alkyl halides is 3. The molecule has 5 fully saturated rings. The van der Waals surface area contributed by atoms with Gasteiger partial charge in [-0.15, -0.1) is 0 Å². The maximum Gasteiger partial charge on any atom is 0.359 e. The van der Waals surface area contributed by atoms with Gasteiger partial charge in [0.25, 0.3) is 3.79 Å². The number of esters is 1. The maximum atomic E-state index is 12.8. The van der Waals surface area contributed by atoms with E-state index in [-0.39, 0.29) is 0 Å². The Morgan fingerprint density at radius 3 is 1.69 bits per heavy atom. The van der Waals surface area contributed by atoms with Gasteiger partial charge in [-0.1, -0.05) is 59.8 Å². The van der Waals surface area contributed by atoms with Gasteiger partial charge in [0, 0.05) is 25.7 Å². The van der Waals surface area contributed by atoms with E-state index >= 15 is 0 Å². The summed E-state index contributed by atoms with van der Waals surface area (Å²) in [6, 6.07) is 7.72. The van der Waals surface area contributed by atoms with Crippen molar-refractivity contribution >= 4 is 40.8 Å². The maximum absolute atomic E-state index is 12.8. The second kappa shape index (κ2) is 11.1. The Morgan fingerprint density at radius 2 is 1.26 bits per heavy atom. The highest BCUT2D eigenvalue weighted by molar-refractivity contribution is 6.75. The van der Waals surface area contributed by atoms with Crippen molar-refractivity contribution < 1.29 is 38.0 Å². The summed E-state index contributed by atoms with van der Waals surface area (Å²) in [5.41, 5.74) is 0.978. The number of methoxy groups -OCH3 is 1. The molecule has 1 aromatic rings. The lowest BCUT2D eigenvalue weighted by molar-refractivity contribution is -0.228. The van der Waals surface area contributed by atoms with E-state index in [0.29, 0.717) is 6.61 Å². The summed E-state index contributed by atoms with van der Waals surface area (Å²) < 4.78 is 42.3. The fraction of sp³-hybridized carbons (Fsp3) is 0.750. The van der Waals surface area contributed by atoms with E-state index in [1.807, 2.05) is 24.3 Å². The van der Waals surface area contributed by atoms with Crippen molar-refractivity contribution in [2.24, 2.45) is 0 Å². The zero-order chi connectivity index (χ0) is 27.3. The van der Waals surface area contributed by atoms with E-state index in [1.54, 1.807) is 7.11 Å². The third-order valence-electron chi connectivity index (χ3n) is 8.65. The van der Waals surface area contributed by atoms with Crippen LogP contribution < -0.4 is 4.74 Å². The molecule has 2 spiro atoms. The van der Waals surface area contributed by atoms with Gasteiger partial charge in [0.2, 0.25) is 0 Å². The van der Waals surface area contributed by atoms with Crippen LogP contribution in [0.4, 0.5) is 0 Å². The topological polar surface area (TPSA) is 81.7 Å². The molecule has 4 atom stereocenters. The van der Waals surface area contributed by atoms with Crippen LogP contribution in [0.25, 0.3) is 0 Å². The number of carbonyl (C=O) groups is 1. The third-order valence-corrected chi connectivity index (χ3v) is 9.12. The lowest BCUT2D eigenvalue weighted by atomic mass is 9.84. The number of rotatable bonds is 5. The fourth-order valence-corrected chi connectivity index (χ4v) is 6.92. The van der Waals surface area contributed by atoms with E-state index in [4.69, 9.17) is 68.0 Å². The first-order valence-electron chi connectivity index (χ1n) is 13.9. The van der Waals surface area contributed by atoms with Gasteiger partial charge >= 0.3 is 5.97 Å². The predicted molar refractivity (Wildman–Crippen MR) is 143 cm³/mol. The number of hydrogen-bond acceptors (Lipinski definition) is 8. The molecule has 4 unspecified atom stereocenters. The molecule has 0 amide bonds. The van der Waals surface area contributed by atoms with Crippen molar-refractivity contribution in [3.8, 4) is 5.75 Å². The Kier molecular flexibility index (Phi) is 8.05. The first-order valence-corrected chi connectivity index (χ1v) is 15.1. The molecule has 2 saturated heterocycles. The number of carbonyl (C=O) groups excluding carboxylic acids is 1. The first kappa shape index (κ1) is 28.3. The third kappa shape index (κ3) is 5.65. The molecule has 0 bridgehead atoms. The monoisotopic (exact) mass is 604 g/mol. The van der Waals surface area contributed by atoms with Crippen molar-refractivity contribution in [2.45, 2.75) is 123 Å². The zero-order valence-corrected chi connectivity index (χ0v) is 24.2. The van der Waals surface area contributed by atoms with Crippen molar-refractivity contribution in [3.05, 3.63) is 29.8 Å². The molecule has 11 heteroatoms. The van der Waals surface area contributed by atoms with Crippen LogP contribution in [-0.4, -0.2) is 65.1 Å². The molecule has 216 valence electrons. The van der Waals surface area contributed by atoms with Gasteiger partial charge < -0.3 is 33.2 Å². The van der Waals surface area contributed by atoms with E-state index < -0.39 is 58.0 Å². The Bertz CT molecular complexity index is 977. The highest BCUT2D eigenvalue weighted by Gasteiger charge is 2.67. The van der Waals surface area contributed by atoms with Crippen LogP contribution in [0.1, 0.15) is 69.8 Å². The smallest absolute Gasteiger partial charge is 0.359 e. The molecular formula is C28H35Cl3O8. The second-order valence-electron chi connectivity index (χ2n) is 11.3. The van der Waals surface area contributed by atoms with E-state index in [1.165, 1.54) is 0 Å². The van der Waals surface area contributed by atoms with Crippen LogP contribution in [0.5, 0.6) is 5.75 Å². The first-order chi connectivity index (χ1) is 18.7. The van der Waals surface area contributed by atoms with Gasteiger partial charge in [-0.05, 0) is 43.4 Å². The summed E-state index contributed by atoms with van der Waals surface area (Å²) in [4.78, 5) is 12.8. The molecule has 2 heterocycles. The summed E-state index contributed by atoms with van der Waals surface area (Å²) >= 11 is 17.8. The molecule has 0 radical (unpaired) electrons. The molecule has 6 rings (SSSR count). The van der Waals surface area contributed by atoms with Gasteiger partial charge in [-0.25, -0.2) is 4.79 Å². The summed E-state index contributed by atoms with van der Waals surface area (Å²) in [6.07, 6.45) is 5.32. The Balaban J connectivity index is 1.32. The number of ether oxygens (including phenoxy) is 7. The zero-order valence-electron chi connectivity index (χ0n) is 22.0. The minimum absolute atomic E-state index is 0.326. The van der Waals surface area contributed by atoms with Crippen LogP contribution >= 0.6 is 34.8 Å². The highest BCUT2D eigenvalue weighted by Crippen LogP contribution is 2.52. The minimum Gasteiger partial charge on any atom is -0.497 e. The SMILES string of the molecule is COc1ccc(COC2C3OC4(CCCCC4)OC3C(OC(=O)C(Cl)(Cl)Cl)C3OC4(CCCCC4)OC23)cc1. The van der Waals surface area contributed by atoms with Crippen LogP contribution in [0, 0.1) is 0 Å². The summed E-state index contributed by atoms with van der Waals surface area (Å²) in [7, 11) is 1.64. The van der Waals surface area contributed by atoms with Crippen molar-refractivity contribution in [1.29, 1.82) is 0 Å². The molecule has 39 heavy (non-hydrogen) atoms. The van der Waals surface area contributed by atoms with Crippen LogP contribution in [0.2, 0.25) is 0 Å². The quantitative estimate of drug-likeness (QED) is 0.309. The molecule has 8 nitrogen and oxygen atoms in total. The highest BCUT2D eigenvalue weighted by atomic mass is 35.6. The largest absolute Gasteiger partial charge is 0.497 e. The number of hydrogen-bond donors (Lipinski definition) is 0. The molecule has 3 aliphatic carbocycles. The van der Waals surface area contributed by atoms with E-state index in [2.05, 4.69) is 0 Å². The molecular weight excluding hydrogens is 571 g/mol. The summed E-state index contributed by atoms with van der Waals surface area (Å²) in [6.45, 7) is 0.326. The van der Waals surface area contributed by atoms with Crippen LogP contribution in [-0.2, 0) is 39.8 Å². The Morgan fingerprint density at radius 1 is 0.795 bits per heavy atom. The lowest BCUT2D eigenvalue weighted by Crippen LogP contribution is -2.63. The normalized spacial score (nSPS) is 35.0. The molecule has 1 aromatic carbocycles. The Hall–Kier alpha value is -0.840. The number of benzene rings is 1. The van der Waals surface area contributed by atoms with Crippen molar-refractivity contribution in [1.82, 2.24) is 0 Å². The van der Waals surface area contributed by atoms with Gasteiger partial charge in [0.15, 0.2) is 17.7 Å². The molecule has 0 N–H and O–H groups in total. The second-order valence-corrected chi connectivity index (χ2v) is 13.5. The summed E-state index contributed by atoms with van der Waals surface area (Å²) in [5, 5.41) is 0. The standard InChI is InChI=1S/C28H35Cl3O8/c1-33-18-10-8-17(9-11-18)16-34-19-21-23(38-26(36-21)12-4-2-5-13-26)20(35-25(32)28(29,30)31)24-22(19)37-27(39-24)14-6-3-7-15-27/h8-11,19-24H,2-7,12-16H2,1H3. The van der Waals surface area contributed by atoms with Crippen molar-refractivity contribution in [3.63, 3.8) is 0 Å². The fourth-order valence-electron chi connectivity index (χ4n) is 6.79. The van der Waals surface area contributed by atoms with Crippen LogP contribution in [0.3, 0.4) is 0 Å². The number of fused-ring (bicyclic) bond motifs is 2. The molecule has 3 saturated carbocycles. The molecule has 5 aliphatic rings. The minimum atomic E-state index is -2.24. The van der Waals surface area contributed by atoms with Crippen molar-refractivity contribution in [2.75, 3.05) is 7.11 Å². The predicted octanol–water partition coefficient (Wildman–Crippen LogP) is 5.76. The Labute approximate surface area is 243 Å². The van der Waals surface area contributed by atoms with E-state index in [0.717, 1.165) is 75.5 Å². The van der Waals surface area contributed by atoms with Gasteiger partial charge in [-0.3, -0.25) is 0 Å².